The van der Waals surface area contributed by atoms with Crippen molar-refractivity contribution in [1.29, 1.82) is 0 Å². The van der Waals surface area contributed by atoms with E-state index in [1.807, 2.05) is 38.1 Å². The van der Waals surface area contributed by atoms with E-state index in [4.69, 9.17) is 80.5 Å². The van der Waals surface area contributed by atoms with Gasteiger partial charge in [-0.25, -0.2) is 9.97 Å². The Labute approximate surface area is 688 Å². The molecule has 6 saturated carbocycles. The Morgan fingerprint density at radius 2 is 0.957 bits per heavy atom. The number of carbonyl (C=O) groups excluding carboxylic acids is 6. The lowest BCUT2D eigenvalue weighted by atomic mass is 9.90. The van der Waals surface area contributed by atoms with Gasteiger partial charge in [0, 0.05) is 99.7 Å². The summed E-state index contributed by atoms with van der Waals surface area (Å²) < 4.78 is 60.0. The molecule has 0 radical (unpaired) electrons. The molecule has 5 saturated heterocycles. The van der Waals surface area contributed by atoms with Crippen LogP contribution < -0.4 is 28.4 Å². The van der Waals surface area contributed by atoms with Crippen LogP contribution in [0.3, 0.4) is 0 Å². The summed E-state index contributed by atoms with van der Waals surface area (Å²) in [6.07, 6.45) is 18.9. The fourth-order valence-electron chi connectivity index (χ4n) is 19.8. The predicted molar refractivity (Wildman–Crippen MR) is 428 cm³/mol. The van der Waals surface area contributed by atoms with E-state index in [1.165, 1.54) is 12.8 Å². The zero-order valence-electron chi connectivity index (χ0n) is 67.1. The van der Waals surface area contributed by atoms with Crippen LogP contribution in [0.25, 0.3) is 21.8 Å². The molecule has 28 heteroatoms. The maximum absolute atomic E-state index is 14.7. The van der Waals surface area contributed by atoms with Gasteiger partial charge in [-0.2, -0.15) is 0 Å². The van der Waals surface area contributed by atoms with Gasteiger partial charge in [0.05, 0.1) is 88.5 Å². The molecule has 6 aliphatic carbocycles. The van der Waals surface area contributed by atoms with Crippen molar-refractivity contribution in [3.8, 4) is 34.8 Å². The molecule has 0 bridgehead atoms. The van der Waals surface area contributed by atoms with Crippen molar-refractivity contribution in [2.75, 3.05) is 105 Å². The number of allylic oxidation sites excluding steroid dienone is 2. The summed E-state index contributed by atoms with van der Waals surface area (Å²) in [6.45, 7) is 13.1. The number of hydrogen-bond donors (Lipinski definition) is 2. The predicted octanol–water partition coefficient (Wildman–Crippen LogP) is 12.8. The molecule has 116 heavy (non-hydrogen) atoms. The molecule has 630 valence electrons. The number of nitrogens with zero attached hydrogens (tertiary/aromatic N) is 6. The largest absolute Gasteiger partial charge is 0.491 e. The van der Waals surface area contributed by atoms with Crippen molar-refractivity contribution in [2.45, 2.75) is 217 Å². The van der Waals surface area contributed by atoms with Crippen molar-refractivity contribution in [3.63, 3.8) is 0 Å². The van der Waals surface area contributed by atoms with Gasteiger partial charge in [-0.3, -0.25) is 48.2 Å². The summed E-state index contributed by atoms with van der Waals surface area (Å²) >= 11 is 13.9. The van der Waals surface area contributed by atoms with Crippen LogP contribution in [0, 0.1) is 58.2 Å². The van der Waals surface area contributed by atoms with E-state index in [-0.39, 0.29) is 111 Å². The number of ether oxygens (including phenoxy) is 10. The normalized spacial score (nSPS) is 31.8. The number of amides is 2. The minimum Gasteiger partial charge on any atom is -0.491 e. The third-order valence-corrected chi connectivity index (χ3v) is 27.5. The van der Waals surface area contributed by atoms with Crippen molar-refractivity contribution in [3.05, 3.63) is 58.6 Å². The Morgan fingerprint density at radius 1 is 0.517 bits per heavy atom. The van der Waals surface area contributed by atoms with Gasteiger partial charge in [0.2, 0.25) is 23.6 Å². The average Bonchev–Trinajstić information content (AvgIpc) is 1.61. The molecule has 16 atom stereocenters. The first-order chi connectivity index (χ1) is 56.2. The van der Waals surface area contributed by atoms with Crippen molar-refractivity contribution in [2.24, 2.45) is 58.2 Å². The van der Waals surface area contributed by atoms with Crippen LogP contribution in [0.5, 0.6) is 34.8 Å². The van der Waals surface area contributed by atoms with Crippen molar-refractivity contribution in [1.82, 2.24) is 29.6 Å². The first-order valence-electron chi connectivity index (χ1n) is 43.1. The van der Waals surface area contributed by atoms with E-state index >= 15 is 0 Å². The summed E-state index contributed by atoms with van der Waals surface area (Å²) in [7, 11) is 0. The summed E-state index contributed by atoms with van der Waals surface area (Å²) in [5.74, 6) is -0.428. The van der Waals surface area contributed by atoms with Crippen molar-refractivity contribution >= 4 is 92.3 Å². The van der Waals surface area contributed by atoms with E-state index in [0.717, 1.165) is 129 Å². The molecule has 0 spiro atoms. The molecular weight excluding hydrogens is 1530 g/mol. The Hall–Kier alpha value is -7.62. The Kier molecular flexibility index (Phi) is 26.9. The summed E-state index contributed by atoms with van der Waals surface area (Å²) in [6, 6.07) is 8.82. The van der Waals surface area contributed by atoms with Crippen LogP contribution in [-0.2, 0) is 57.3 Å². The number of benzene rings is 2. The molecule has 2 N–H and O–H groups in total. The number of morpholine rings is 2. The Balaban J connectivity index is 0.000000182. The second kappa shape index (κ2) is 37.3. The zero-order chi connectivity index (χ0) is 80.8. The number of halogens is 2. The van der Waals surface area contributed by atoms with E-state index in [1.54, 1.807) is 34.1 Å². The first kappa shape index (κ1) is 83.4. The van der Waals surface area contributed by atoms with Crippen LogP contribution in [0.2, 0.25) is 10.0 Å². The van der Waals surface area contributed by atoms with Crippen LogP contribution in [-0.4, -0.2) is 229 Å². The number of hydrogen-bond acceptors (Lipinski definition) is 22. The zero-order valence-corrected chi connectivity index (χ0v) is 68.6. The number of ketones is 2. The third-order valence-electron chi connectivity index (χ3n) is 26.8. The minimum absolute atomic E-state index is 0.0448. The highest BCUT2D eigenvalue weighted by Gasteiger charge is 2.63. The first-order valence-corrected chi connectivity index (χ1v) is 43.9. The molecule has 11 fully saturated rings. The van der Waals surface area contributed by atoms with Crippen LogP contribution in [0.1, 0.15) is 181 Å². The molecule has 6 aliphatic heterocycles. The number of carboxylic acids is 2. The Morgan fingerprint density at radius 3 is 1.41 bits per heavy atom. The number of fused-ring (bicyclic) bond motifs is 8. The number of aliphatic carboxylic acids is 2. The smallest absolute Gasteiger partial charge is 0.310 e. The van der Waals surface area contributed by atoms with Gasteiger partial charge in [0.25, 0.3) is 0 Å². The van der Waals surface area contributed by atoms with Gasteiger partial charge < -0.3 is 67.4 Å². The SMILES string of the molecule is CCOc1cc(O[C@@H]2C[C@H]3C(=O)C[C@]4(C(=O)O)C[C@H]4/C=C\CCCCC[C@H](CC(=O)OC4C[C@@H]5C[C@@H]5C4)C(=O)N3C2)c2ccc(OCCN3CCOCC3)c(Cl)c2n1.CCOc1cc(O[C@@H]2C[C@H]3C(=O)C[C@]4(C(=O)O)C[C@H]4CCCCCCC[C@H](CC(=O)OC4C[C@@H]5C[C@@H]5C4)C(=O)N3C2)c2ccc(OCCN3CCOCC3)c(Cl)c2n1. The maximum atomic E-state index is 14.7. The quantitative estimate of drug-likeness (QED) is 0.0486. The van der Waals surface area contributed by atoms with Gasteiger partial charge >= 0.3 is 23.9 Å². The minimum atomic E-state index is -1.20. The molecule has 2 amide bonds. The number of Topliss-reactive ketones (excluding diaryl/α,β-unsaturated/α-hetero) is 2. The molecule has 2 aromatic carbocycles. The highest BCUT2D eigenvalue weighted by atomic mass is 35.5. The molecular formula is C88H114Cl2N6O20. The highest BCUT2D eigenvalue weighted by Crippen LogP contribution is 2.60. The number of carbonyl (C=O) groups is 8. The van der Waals surface area contributed by atoms with Gasteiger partial charge in [-0.05, 0) is 157 Å². The number of carboxylic acid groups (broad SMARTS) is 2. The standard InChI is InChI=1S/C44H58ClN3O10.C44H56ClN3O10/c2*1-2-55-38-23-37(33-10-11-36(40(45)41(33)46-38)56-17-14-47-12-15-54-16-13-47)57-32-22-34-35(49)25-44(43(52)53)24-30(44)9-7-5-3-4-6-8-27(42(51)48(34)26-32)21-39(50)58-31-19-28-18-29(28)20-31/h10-11,23,27-32,34H,2-9,12-22,24-26H2,1H3,(H,52,53);7,9-11,23,27-32,34H,2-6,8,12-22,24-26H2,1H3,(H,52,53)/b;9-7-/t2*27-,28-,29+,30-,31?,32-,34+,44-/m11/s1. The van der Waals surface area contributed by atoms with E-state index in [9.17, 15) is 48.6 Å². The van der Waals surface area contributed by atoms with E-state index < -0.39 is 58.9 Å². The number of pyridine rings is 2. The molecule has 4 aromatic rings. The number of esters is 2. The number of aromatic nitrogens is 2. The molecule has 2 aromatic heterocycles. The van der Waals surface area contributed by atoms with Crippen LogP contribution in [0.4, 0.5) is 0 Å². The van der Waals surface area contributed by atoms with Gasteiger partial charge in [0.15, 0.2) is 11.6 Å². The molecule has 12 aliphatic rings. The average molecular weight is 1650 g/mol. The lowest BCUT2D eigenvalue weighted by Crippen LogP contribution is -2.45. The lowest BCUT2D eigenvalue weighted by Gasteiger charge is -2.29. The maximum Gasteiger partial charge on any atom is 0.310 e. The summed E-state index contributed by atoms with van der Waals surface area (Å²) in [5, 5.41) is 22.6. The van der Waals surface area contributed by atoms with Gasteiger partial charge in [-0.15, -0.1) is 0 Å². The van der Waals surface area contributed by atoms with E-state index in [0.29, 0.717) is 169 Å². The molecule has 8 heterocycles. The van der Waals surface area contributed by atoms with Crippen LogP contribution in [0.15, 0.2) is 48.6 Å². The lowest BCUT2D eigenvalue weighted by molar-refractivity contribution is -0.154. The second-order valence-corrected chi connectivity index (χ2v) is 35.5. The number of rotatable bonds is 24. The highest BCUT2D eigenvalue weighted by molar-refractivity contribution is 6.37. The molecule has 2 unspecified atom stereocenters. The summed E-state index contributed by atoms with van der Waals surface area (Å²) in [4.78, 5) is 127. The monoisotopic (exact) mass is 1640 g/mol. The summed E-state index contributed by atoms with van der Waals surface area (Å²) in [5.41, 5.74) is -1.43. The Bertz CT molecular complexity index is 4270. The third kappa shape index (κ3) is 19.8. The fourth-order valence-corrected chi connectivity index (χ4v) is 20.4. The van der Waals surface area contributed by atoms with Gasteiger partial charge in [-0.1, -0.05) is 80.3 Å². The van der Waals surface area contributed by atoms with Gasteiger partial charge in [0.1, 0.15) is 81.7 Å². The molecule has 16 rings (SSSR count). The fraction of sp³-hybridized carbons (Fsp3) is 0.682. The van der Waals surface area contributed by atoms with E-state index in [2.05, 4.69) is 9.80 Å². The molecule has 26 nitrogen and oxygen atoms in total. The topological polar surface area (TPSA) is 308 Å². The second-order valence-electron chi connectivity index (χ2n) is 34.7. The van der Waals surface area contributed by atoms with Crippen molar-refractivity contribution < 1.29 is 95.9 Å². The van der Waals surface area contributed by atoms with Crippen LogP contribution >= 0.6 is 23.2 Å².